The van der Waals surface area contributed by atoms with Gasteiger partial charge >= 0.3 is 0 Å². The maximum Gasteiger partial charge on any atom is 0.189 e. The van der Waals surface area contributed by atoms with Gasteiger partial charge in [-0.2, -0.15) is 0 Å². The normalized spacial score (nSPS) is 12.4. The van der Waals surface area contributed by atoms with Crippen LogP contribution in [0.4, 0.5) is 0 Å². The lowest BCUT2D eigenvalue weighted by molar-refractivity contribution is 0.0205. The van der Waals surface area contributed by atoms with Crippen LogP contribution in [0.2, 0.25) is 51.4 Å². The van der Waals surface area contributed by atoms with Crippen LogP contribution in [0.15, 0.2) is 42.5 Å². The summed E-state index contributed by atoms with van der Waals surface area (Å²) in [4.78, 5) is 0. The fraction of sp³-hybridized carbons (Fsp3) is 0.500. The molecular formula is C32H50O5Si2. The third kappa shape index (κ3) is 13.1. The summed E-state index contributed by atoms with van der Waals surface area (Å²) in [6, 6.07) is 12.4. The second-order valence-corrected chi connectivity index (χ2v) is 23.5. The number of benzene rings is 2. The van der Waals surface area contributed by atoms with Gasteiger partial charge in [0.05, 0.1) is 7.11 Å². The summed E-state index contributed by atoms with van der Waals surface area (Å²) in [6.07, 6.45) is 9.37. The van der Waals surface area contributed by atoms with Crippen molar-refractivity contribution in [1.29, 1.82) is 0 Å². The van der Waals surface area contributed by atoms with Gasteiger partial charge < -0.3 is 23.7 Å². The average molecular weight is 571 g/mol. The number of allylic oxidation sites excluding steroid dienone is 2. The Balaban J connectivity index is 2.12. The molecule has 0 atom stereocenters. The zero-order chi connectivity index (χ0) is 28.9. The minimum Gasteiger partial charge on any atom is -0.493 e. The first kappa shape index (κ1) is 32.9. The zero-order valence-corrected chi connectivity index (χ0v) is 27.7. The van der Waals surface area contributed by atoms with Gasteiger partial charge in [0, 0.05) is 29.4 Å². The number of aryl methyl sites for hydroxylation is 1. The topological polar surface area (TPSA) is 46.2 Å². The molecule has 0 aliphatic carbocycles. The quantitative estimate of drug-likeness (QED) is 0.0626. The highest BCUT2D eigenvalue weighted by Crippen LogP contribution is 2.30. The van der Waals surface area contributed by atoms with Crippen molar-refractivity contribution in [2.75, 3.05) is 33.9 Å². The van der Waals surface area contributed by atoms with Crippen LogP contribution in [-0.4, -0.2) is 50.1 Å². The highest BCUT2D eigenvalue weighted by atomic mass is 28.3. The molecule has 7 heteroatoms. The second kappa shape index (κ2) is 16.1. The van der Waals surface area contributed by atoms with Crippen molar-refractivity contribution in [3.05, 3.63) is 64.7 Å². The molecule has 0 fully saturated rings. The van der Waals surface area contributed by atoms with Crippen molar-refractivity contribution in [3.63, 3.8) is 0 Å². The van der Waals surface area contributed by atoms with Gasteiger partial charge in [0.15, 0.2) is 25.1 Å². The van der Waals surface area contributed by atoms with Crippen LogP contribution in [0.1, 0.15) is 29.2 Å². The summed E-state index contributed by atoms with van der Waals surface area (Å²) in [7, 11) is -0.568. The molecule has 0 aromatic heterocycles. The van der Waals surface area contributed by atoms with E-state index in [-0.39, 0.29) is 13.6 Å². The lowest BCUT2D eigenvalue weighted by Gasteiger charge is -2.16. The summed E-state index contributed by atoms with van der Waals surface area (Å²) in [5, 5.41) is 0. The van der Waals surface area contributed by atoms with Crippen LogP contribution in [-0.2, 0) is 15.9 Å². The molecule has 0 aliphatic rings. The van der Waals surface area contributed by atoms with Crippen molar-refractivity contribution >= 4 is 28.3 Å². The lowest BCUT2D eigenvalue weighted by Crippen LogP contribution is -2.22. The van der Waals surface area contributed by atoms with E-state index >= 15 is 0 Å². The molecular weight excluding hydrogens is 521 g/mol. The van der Waals surface area contributed by atoms with E-state index in [1.807, 2.05) is 25.1 Å². The summed E-state index contributed by atoms with van der Waals surface area (Å²) in [5.74, 6) is 2.18. The van der Waals surface area contributed by atoms with Gasteiger partial charge in [0.2, 0.25) is 0 Å². The monoisotopic (exact) mass is 570 g/mol. The predicted molar refractivity (Wildman–Crippen MR) is 171 cm³/mol. The maximum atomic E-state index is 5.97. The fourth-order valence-corrected chi connectivity index (χ4v) is 5.25. The Morgan fingerprint density at radius 1 is 0.769 bits per heavy atom. The molecule has 0 unspecified atom stereocenters. The van der Waals surface area contributed by atoms with E-state index in [9.17, 15) is 0 Å². The Morgan fingerprint density at radius 2 is 1.41 bits per heavy atom. The number of methoxy groups -OCH3 is 1. The first-order valence-electron chi connectivity index (χ1n) is 13.9. The molecule has 216 valence electrons. The van der Waals surface area contributed by atoms with Crippen LogP contribution >= 0.6 is 0 Å². The molecule has 0 bridgehead atoms. The van der Waals surface area contributed by atoms with Crippen molar-refractivity contribution in [2.24, 2.45) is 0 Å². The summed E-state index contributed by atoms with van der Waals surface area (Å²) < 4.78 is 28.9. The minimum atomic E-state index is -1.11. The van der Waals surface area contributed by atoms with E-state index in [1.54, 1.807) is 7.11 Å². The molecule has 2 aromatic rings. The largest absolute Gasteiger partial charge is 0.493 e. The van der Waals surface area contributed by atoms with Crippen molar-refractivity contribution in [2.45, 2.75) is 71.6 Å². The standard InChI is InChI=1S/C32H50O5Si2/c1-10-11-12-30-26(2)21-29(36-24-34-17-19-38(4,5)6)23-28(30)15-13-27-14-16-31(32(22-27)33-3)37-25-35-18-20-39(7,8)9/h10-11,13-16,21-23H,12,17-20,24-25H2,1-9H3/b11-10-,15-13+. The lowest BCUT2D eigenvalue weighted by atomic mass is 9.97. The summed E-state index contributed by atoms with van der Waals surface area (Å²) >= 11 is 0. The molecule has 0 radical (unpaired) electrons. The molecule has 2 aromatic carbocycles. The van der Waals surface area contributed by atoms with E-state index in [2.05, 4.69) is 82.6 Å². The number of hydrogen-bond donors (Lipinski definition) is 0. The van der Waals surface area contributed by atoms with Gasteiger partial charge in [0.25, 0.3) is 0 Å². The smallest absolute Gasteiger partial charge is 0.189 e. The van der Waals surface area contributed by atoms with E-state index in [0.717, 1.165) is 48.6 Å². The molecule has 0 N–H and O–H groups in total. The predicted octanol–water partition coefficient (Wildman–Crippen LogP) is 8.67. The Kier molecular flexibility index (Phi) is 13.5. The van der Waals surface area contributed by atoms with E-state index in [0.29, 0.717) is 11.5 Å². The third-order valence-electron chi connectivity index (χ3n) is 6.28. The van der Waals surface area contributed by atoms with Gasteiger partial charge in [-0.15, -0.1) is 0 Å². The first-order chi connectivity index (χ1) is 18.4. The van der Waals surface area contributed by atoms with Gasteiger partial charge in [0.1, 0.15) is 5.75 Å². The number of hydrogen-bond acceptors (Lipinski definition) is 5. The van der Waals surface area contributed by atoms with E-state index in [4.69, 9.17) is 23.7 Å². The molecule has 0 saturated carbocycles. The first-order valence-corrected chi connectivity index (χ1v) is 21.3. The summed E-state index contributed by atoms with van der Waals surface area (Å²) in [5.41, 5.74) is 4.62. The van der Waals surface area contributed by atoms with Crippen LogP contribution < -0.4 is 14.2 Å². The maximum absolute atomic E-state index is 5.97. The third-order valence-corrected chi connectivity index (χ3v) is 9.69. The Labute approximate surface area is 239 Å². The Morgan fingerprint density at radius 3 is 2.00 bits per heavy atom. The van der Waals surface area contributed by atoms with Crippen molar-refractivity contribution in [1.82, 2.24) is 0 Å². The van der Waals surface area contributed by atoms with Gasteiger partial charge in [-0.1, -0.05) is 69.7 Å². The molecule has 0 aliphatic heterocycles. The molecule has 2 rings (SSSR count). The Hall–Kier alpha value is -2.33. The van der Waals surface area contributed by atoms with Crippen molar-refractivity contribution in [3.8, 4) is 17.2 Å². The fourth-order valence-electron chi connectivity index (χ4n) is 3.74. The molecule has 0 saturated heterocycles. The Bertz CT molecular complexity index is 1080. The molecule has 0 spiro atoms. The van der Waals surface area contributed by atoms with Crippen LogP contribution in [0.25, 0.3) is 12.2 Å². The second-order valence-electron chi connectivity index (χ2n) is 12.3. The van der Waals surface area contributed by atoms with E-state index < -0.39 is 16.1 Å². The molecule has 39 heavy (non-hydrogen) atoms. The van der Waals surface area contributed by atoms with Gasteiger partial charge in [-0.3, -0.25) is 0 Å². The van der Waals surface area contributed by atoms with Crippen molar-refractivity contribution < 1.29 is 23.7 Å². The highest BCUT2D eigenvalue weighted by molar-refractivity contribution is 6.76. The summed E-state index contributed by atoms with van der Waals surface area (Å²) in [6.45, 7) is 20.2. The SMILES string of the molecule is C/C=C\Cc1c(C)cc(OCOCC[Si](C)(C)C)cc1/C=C/c1ccc(OCOCC[Si](C)(C)C)c(OC)c1. The number of rotatable bonds is 17. The molecule has 0 heterocycles. The minimum absolute atomic E-state index is 0.220. The van der Waals surface area contributed by atoms with E-state index in [1.165, 1.54) is 11.1 Å². The van der Waals surface area contributed by atoms with Gasteiger partial charge in [-0.25, -0.2) is 0 Å². The highest BCUT2D eigenvalue weighted by Gasteiger charge is 2.13. The number of ether oxygens (including phenoxy) is 5. The molecule has 5 nitrogen and oxygen atoms in total. The van der Waals surface area contributed by atoms with Crippen LogP contribution in [0.3, 0.4) is 0 Å². The van der Waals surface area contributed by atoms with Crippen LogP contribution in [0.5, 0.6) is 17.2 Å². The average Bonchev–Trinajstić information content (AvgIpc) is 2.85. The van der Waals surface area contributed by atoms with Gasteiger partial charge in [-0.05, 0) is 78.9 Å². The molecule has 0 amide bonds. The van der Waals surface area contributed by atoms with Crippen LogP contribution in [0, 0.1) is 6.92 Å². The zero-order valence-electron chi connectivity index (χ0n) is 25.7.